The van der Waals surface area contributed by atoms with Crippen LogP contribution < -0.4 is 5.32 Å². The molecule has 27 heavy (non-hydrogen) atoms. The van der Waals surface area contributed by atoms with E-state index in [0.717, 1.165) is 32.7 Å². The number of fused-ring (bicyclic) bond motifs is 1. The lowest BCUT2D eigenvalue weighted by atomic mass is 10.1. The fourth-order valence-electron chi connectivity index (χ4n) is 3.23. The number of anilines is 1. The van der Waals surface area contributed by atoms with Crippen molar-refractivity contribution in [1.29, 1.82) is 0 Å². The summed E-state index contributed by atoms with van der Waals surface area (Å²) in [4.78, 5) is 19.1. The summed E-state index contributed by atoms with van der Waals surface area (Å²) in [5.41, 5.74) is 4.13. The van der Waals surface area contributed by atoms with Crippen molar-refractivity contribution in [2.45, 2.75) is 20.8 Å². The minimum atomic E-state index is -0.266. The molecule has 0 unspecified atom stereocenters. The van der Waals surface area contributed by atoms with E-state index in [2.05, 4.69) is 10.3 Å². The molecule has 4 aromatic rings. The van der Waals surface area contributed by atoms with Gasteiger partial charge < -0.3 is 15.0 Å². The number of phenolic OH excluding ortho intramolecular Hbond substituents is 1. The first-order valence-electron chi connectivity index (χ1n) is 8.59. The van der Waals surface area contributed by atoms with E-state index >= 15 is 0 Å². The number of pyridine rings is 1. The monoisotopic (exact) mass is 377 g/mol. The molecule has 0 aliphatic rings. The van der Waals surface area contributed by atoms with Gasteiger partial charge in [0.05, 0.1) is 11.4 Å². The maximum Gasteiger partial charge on any atom is 0.268 e. The Balaban J connectivity index is 1.86. The molecule has 4 rings (SSSR count). The summed E-state index contributed by atoms with van der Waals surface area (Å²) in [5, 5.41) is 13.9. The number of carbonyl (C=O) groups is 1. The molecule has 0 saturated carbocycles. The van der Waals surface area contributed by atoms with Gasteiger partial charge in [0.15, 0.2) is 0 Å². The lowest BCUT2D eigenvalue weighted by Crippen LogP contribution is -2.13. The molecular formula is C21H19N3O2S. The topological polar surface area (TPSA) is 67.2 Å². The third kappa shape index (κ3) is 3.08. The SMILES string of the molecule is Cc1ccc(NC(=O)c2sc3nc(C)cc(C)c3c2-n2cccc2)c(O)c1. The van der Waals surface area contributed by atoms with Crippen LogP contribution in [0.4, 0.5) is 5.69 Å². The van der Waals surface area contributed by atoms with Crippen LogP contribution in [0, 0.1) is 20.8 Å². The van der Waals surface area contributed by atoms with Gasteiger partial charge in [-0.1, -0.05) is 6.07 Å². The molecule has 1 amide bonds. The highest BCUT2D eigenvalue weighted by molar-refractivity contribution is 7.21. The quantitative estimate of drug-likeness (QED) is 0.495. The van der Waals surface area contributed by atoms with E-state index in [1.54, 1.807) is 12.1 Å². The fourth-order valence-corrected chi connectivity index (χ4v) is 4.42. The Morgan fingerprint density at radius 2 is 1.89 bits per heavy atom. The first-order chi connectivity index (χ1) is 12.9. The van der Waals surface area contributed by atoms with Gasteiger partial charge in [-0.05, 0) is 62.2 Å². The Hall–Kier alpha value is -3.12. The highest BCUT2D eigenvalue weighted by Gasteiger charge is 2.22. The predicted octanol–water partition coefficient (Wildman–Crippen LogP) is 4.97. The van der Waals surface area contributed by atoms with E-state index in [1.165, 1.54) is 11.3 Å². The minimum absolute atomic E-state index is 0.0529. The smallest absolute Gasteiger partial charge is 0.268 e. The van der Waals surface area contributed by atoms with Gasteiger partial charge in [-0.2, -0.15) is 0 Å². The van der Waals surface area contributed by atoms with Crippen molar-refractivity contribution in [3.05, 3.63) is 70.5 Å². The highest BCUT2D eigenvalue weighted by atomic mass is 32.1. The van der Waals surface area contributed by atoms with Crippen LogP contribution in [0.15, 0.2) is 48.8 Å². The number of benzene rings is 1. The normalized spacial score (nSPS) is 11.1. The zero-order valence-electron chi connectivity index (χ0n) is 15.3. The zero-order chi connectivity index (χ0) is 19.1. The molecule has 0 aliphatic heterocycles. The van der Waals surface area contributed by atoms with Crippen LogP contribution in [0.25, 0.3) is 15.9 Å². The molecule has 3 heterocycles. The number of aryl methyl sites for hydroxylation is 3. The average molecular weight is 377 g/mol. The third-order valence-corrected chi connectivity index (χ3v) is 5.50. The van der Waals surface area contributed by atoms with Crippen LogP contribution >= 0.6 is 11.3 Å². The first kappa shape index (κ1) is 17.3. The molecule has 6 heteroatoms. The number of aromatic nitrogens is 2. The van der Waals surface area contributed by atoms with E-state index in [1.807, 2.05) is 62.0 Å². The predicted molar refractivity (Wildman–Crippen MR) is 109 cm³/mol. The second-order valence-electron chi connectivity index (χ2n) is 6.61. The number of rotatable bonds is 3. The zero-order valence-corrected chi connectivity index (χ0v) is 16.1. The standard InChI is InChI=1S/C21H19N3O2S/c1-12-6-7-15(16(25)10-12)23-20(26)19-18(24-8-4-5-9-24)17-13(2)11-14(3)22-21(17)27-19/h4-11,25H,1-3H3,(H,23,26). The molecule has 0 fully saturated rings. The van der Waals surface area contributed by atoms with Crippen molar-refractivity contribution < 1.29 is 9.90 Å². The summed E-state index contributed by atoms with van der Waals surface area (Å²) < 4.78 is 1.94. The molecule has 0 radical (unpaired) electrons. The van der Waals surface area contributed by atoms with Crippen molar-refractivity contribution in [1.82, 2.24) is 9.55 Å². The molecule has 0 bridgehead atoms. The molecule has 0 spiro atoms. The third-order valence-electron chi connectivity index (χ3n) is 4.43. The number of nitrogens with one attached hydrogen (secondary N) is 1. The molecule has 5 nitrogen and oxygen atoms in total. The van der Waals surface area contributed by atoms with Gasteiger partial charge in [0.1, 0.15) is 15.5 Å². The summed E-state index contributed by atoms with van der Waals surface area (Å²) in [6.07, 6.45) is 3.84. The molecule has 0 atom stereocenters. The van der Waals surface area contributed by atoms with Gasteiger partial charge in [0, 0.05) is 23.5 Å². The van der Waals surface area contributed by atoms with E-state index in [0.29, 0.717) is 10.6 Å². The Labute approximate surface area is 160 Å². The number of amides is 1. The number of phenols is 1. The molecular weight excluding hydrogens is 358 g/mol. The molecule has 0 saturated heterocycles. The first-order valence-corrected chi connectivity index (χ1v) is 9.41. The van der Waals surface area contributed by atoms with Gasteiger partial charge in [-0.15, -0.1) is 11.3 Å². The van der Waals surface area contributed by atoms with Crippen molar-refractivity contribution in [3.8, 4) is 11.4 Å². The molecule has 136 valence electrons. The second-order valence-corrected chi connectivity index (χ2v) is 7.60. The maximum atomic E-state index is 13.1. The number of thiophene rings is 1. The summed E-state index contributed by atoms with van der Waals surface area (Å²) >= 11 is 1.36. The number of hydrogen-bond acceptors (Lipinski definition) is 4. The summed E-state index contributed by atoms with van der Waals surface area (Å²) in [6.45, 7) is 5.87. The van der Waals surface area contributed by atoms with Gasteiger partial charge in [0.25, 0.3) is 5.91 Å². The molecule has 0 aliphatic carbocycles. The maximum absolute atomic E-state index is 13.1. The Bertz CT molecular complexity index is 1160. The summed E-state index contributed by atoms with van der Waals surface area (Å²) in [6, 6.07) is 11.1. The van der Waals surface area contributed by atoms with Crippen molar-refractivity contribution in [3.63, 3.8) is 0 Å². The van der Waals surface area contributed by atoms with E-state index in [9.17, 15) is 9.90 Å². The van der Waals surface area contributed by atoms with Crippen LogP contribution in [-0.4, -0.2) is 20.6 Å². The van der Waals surface area contributed by atoms with Gasteiger partial charge in [-0.3, -0.25) is 4.79 Å². The fraction of sp³-hybridized carbons (Fsp3) is 0.143. The van der Waals surface area contributed by atoms with E-state index < -0.39 is 0 Å². The van der Waals surface area contributed by atoms with Crippen molar-refractivity contribution in [2.75, 3.05) is 5.32 Å². The highest BCUT2D eigenvalue weighted by Crippen LogP contribution is 2.36. The lowest BCUT2D eigenvalue weighted by Gasteiger charge is -2.10. The van der Waals surface area contributed by atoms with Crippen LogP contribution in [-0.2, 0) is 0 Å². The number of hydrogen-bond donors (Lipinski definition) is 2. The molecule has 1 aromatic carbocycles. The van der Waals surface area contributed by atoms with Crippen LogP contribution in [0.1, 0.15) is 26.5 Å². The largest absolute Gasteiger partial charge is 0.506 e. The van der Waals surface area contributed by atoms with Crippen molar-refractivity contribution >= 4 is 33.1 Å². The van der Waals surface area contributed by atoms with Gasteiger partial charge in [-0.25, -0.2) is 4.98 Å². The average Bonchev–Trinajstić information content (AvgIpc) is 3.24. The Kier molecular flexibility index (Phi) is 4.20. The lowest BCUT2D eigenvalue weighted by molar-refractivity contribution is 0.103. The van der Waals surface area contributed by atoms with Crippen molar-refractivity contribution in [2.24, 2.45) is 0 Å². The van der Waals surface area contributed by atoms with Crippen LogP contribution in [0.5, 0.6) is 5.75 Å². The van der Waals surface area contributed by atoms with E-state index in [4.69, 9.17) is 0 Å². The van der Waals surface area contributed by atoms with Gasteiger partial charge in [0.2, 0.25) is 0 Å². The molecule has 3 aromatic heterocycles. The molecule has 2 N–H and O–H groups in total. The Morgan fingerprint density at radius 3 is 2.59 bits per heavy atom. The minimum Gasteiger partial charge on any atom is -0.506 e. The second kappa shape index (κ2) is 6.55. The number of nitrogens with zero attached hydrogens (tertiary/aromatic N) is 2. The number of carbonyl (C=O) groups excluding carboxylic acids is 1. The van der Waals surface area contributed by atoms with E-state index in [-0.39, 0.29) is 11.7 Å². The van der Waals surface area contributed by atoms with Crippen LogP contribution in [0.3, 0.4) is 0 Å². The number of aromatic hydroxyl groups is 1. The Morgan fingerprint density at radius 1 is 1.15 bits per heavy atom. The summed E-state index contributed by atoms with van der Waals surface area (Å²) in [5.74, 6) is -0.213. The van der Waals surface area contributed by atoms with Gasteiger partial charge >= 0.3 is 0 Å². The summed E-state index contributed by atoms with van der Waals surface area (Å²) in [7, 11) is 0. The van der Waals surface area contributed by atoms with Crippen LogP contribution in [0.2, 0.25) is 0 Å².